The number of aliphatic hydroxyl groups is 1. The number of alkyl halides is 2. The second-order valence-corrected chi connectivity index (χ2v) is 4.52. The number of hydrogen-bond acceptors (Lipinski definition) is 2. The molecule has 102 valence electrons. The maximum Gasteiger partial charge on any atom is 0.265 e. The lowest BCUT2D eigenvalue weighted by Crippen LogP contribution is -2.33. The van der Waals surface area contributed by atoms with Crippen LogP contribution in [0.4, 0.5) is 8.78 Å². The molecule has 0 saturated carbocycles. The van der Waals surface area contributed by atoms with E-state index in [0.29, 0.717) is 0 Å². The Labute approximate surface area is 107 Å². The number of nitrogens with one attached hydrogen (secondary N) is 1. The van der Waals surface area contributed by atoms with Crippen molar-refractivity contribution in [3.63, 3.8) is 0 Å². The maximum atomic E-state index is 12.1. The summed E-state index contributed by atoms with van der Waals surface area (Å²) in [6.45, 7) is 3.92. The van der Waals surface area contributed by atoms with Crippen LogP contribution in [-0.4, -0.2) is 24.2 Å². The van der Waals surface area contributed by atoms with Crippen LogP contribution in [0.5, 0.6) is 0 Å². The molecule has 0 saturated heterocycles. The Morgan fingerprint density at radius 3 is 2.33 bits per heavy atom. The summed E-state index contributed by atoms with van der Waals surface area (Å²) < 4.78 is 24.3. The van der Waals surface area contributed by atoms with Crippen molar-refractivity contribution < 1.29 is 13.9 Å². The summed E-state index contributed by atoms with van der Waals surface area (Å²) >= 11 is 0. The minimum atomic E-state index is -2.70. The quantitative estimate of drug-likeness (QED) is 0.787. The topological polar surface area (TPSA) is 32.3 Å². The van der Waals surface area contributed by atoms with Crippen LogP contribution in [0.2, 0.25) is 0 Å². The summed E-state index contributed by atoms with van der Waals surface area (Å²) in [4.78, 5) is 0. The molecule has 0 aliphatic heterocycles. The highest BCUT2D eigenvalue weighted by atomic mass is 19.3. The lowest BCUT2D eigenvalue weighted by molar-refractivity contribution is -0.00439. The van der Waals surface area contributed by atoms with E-state index in [2.05, 4.69) is 24.4 Å². The van der Waals surface area contributed by atoms with Crippen molar-refractivity contribution in [1.82, 2.24) is 5.32 Å². The number of halogens is 2. The Morgan fingerprint density at radius 2 is 1.83 bits per heavy atom. The van der Waals surface area contributed by atoms with Crippen molar-refractivity contribution >= 4 is 0 Å². The molecular formula is C14H21F2NO. The van der Waals surface area contributed by atoms with E-state index in [1.807, 2.05) is 19.1 Å². The van der Waals surface area contributed by atoms with E-state index in [0.717, 1.165) is 18.4 Å². The third-order valence-corrected chi connectivity index (χ3v) is 2.94. The van der Waals surface area contributed by atoms with E-state index < -0.39 is 12.5 Å². The average Bonchev–Trinajstić information content (AvgIpc) is 2.36. The predicted molar refractivity (Wildman–Crippen MR) is 68.9 cm³/mol. The zero-order valence-corrected chi connectivity index (χ0v) is 10.9. The van der Waals surface area contributed by atoms with Crippen molar-refractivity contribution in [3.05, 3.63) is 35.4 Å². The largest absolute Gasteiger partial charge is 0.386 e. The molecule has 1 aromatic carbocycles. The molecule has 0 spiro atoms. The maximum absolute atomic E-state index is 12.1. The van der Waals surface area contributed by atoms with Gasteiger partial charge in [-0.05, 0) is 24.5 Å². The van der Waals surface area contributed by atoms with Gasteiger partial charge in [0.25, 0.3) is 6.43 Å². The summed E-state index contributed by atoms with van der Waals surface area (Å²) in [7, 11) is 0. The molecule has 0 bridgehead atoms. The van der Waals surface area contributed by atoms with Crippen LogP contribution < -0.4 is 5.32 Å². The van der Waals surface area contributed by atoms with Gasteiger partial charge >= 0.3 is 0 Å². The van der Waals surface area contributed by atoms with Crippen molar-refractivity contribution in [2.75, 3.05) is 6.54 Å². The van der Waals surface area contributed by atoms with Crippen molar-refractivity contribution in [2.24, 2.45) is 0 Å². The SMILES string of the molecule is CCCc1ccc(C(C)NCC(O)C(F)F)cc1. The number of aliphatic hydroxyl groups excluding tert-OH is 1. The van der Waals surface area contributed by atoms with Gasteiger partial charge in [-0.15, -0.1) is 0 Å². The number of aryl methyl sites for hydroxylation is 1. The number of benzene rings is 1. The van der Waals surface area contributed by atoms with E-state index in [4.69, 9.17) is 5.11 Å². The van der Waals surface area contributed by atoms with Crippen LogP contribution in [0.15, 0.2) is 24.3 Å². The highest BCUT2D eigenvalue weighted by Crippen LogP contribution is 2.14. The molecule has 0 aliphatic carbocycles. The molecule has 2 N–H and O–H groups in total. The Balaban J connectivity index is 2.48. The summed E-state index contributed by atoms with van der Waals surface area (Å²) in [6, 6.07) is 8.06. The molecular weight excluding hydrogens is 236 g/mol. The van der Waals surface area contributed by atoms with Gasteiger partial charge in [0.1, 0.15) is 6.10 Å². The van der Waals surface area contributed by atoms with Gasteiger partial charge < -0.3 is 10.4 Å². The molecule has 18 heavy (non-hydrogen) atoms. The van der Waals surface area contributed by atoms with Gasteiger partial charge in [0.2, 0.25) is 0 Å². The zero-order valence-electron chi connectivity index (χ0n) is 10.9. The van der Waals surface area contributed by atoms with Crippen LogP contribution in [0.1, 0.15) is 37.4 Å². The normalized spacial score (nSPS) is 14.8. The lowest BCUT2D eigenvalue weighted by atomic mass is 10.0. The molecule has 2 atom stereocenters. The van der Waals surface area contributed by atoms with Crippen molar-refractivity contribution in [2.45, 2.75) is 45.3 Å². The fourth-order valence-corrected chi connectivity index (χ4v) is 1.77. The molecule has 0 aromatic heterocycles. The first-order valence-corrected chi connectivity index (χ1v) is 6.33. The molecule has 0 heterocycles. The van der Waals surface area contributed by atoms with E-state index in [-0.39, 0.29) is 12.6 Å². The van der Waals surface area contributed by atoms with Gasteiger partial charge in [0.15, 0.2) is 0 Å². The molecule has 0 amide bonds. The Bertz CT molecular complexity index is 340. The number of hydrogen-bond donors (Lipinski definition) is 2. The lowest BCUT2D eigenvalue weighted by Gasteiger charge is -2.17. The smallest absolute Gasteiger partial charge is 0.265 e. The Morgan fingerprint density at radius 1 is 1.22 bits per heavy atom. The molecule has 4 heteroatoms. The van der Waals surface area contributed by atoms with Gasteiger partial charge in [0.05, 0.1) is 0 Å². The van der Waals surface area contributed by atoms with E-state index in [9.17, 15) is 8.78 Å². The van der Waals surface area contributed by atoms with Gasteiger partial charge in [0, 0.05) is 12.6 Å². The Hall–Kier alpha value is -1.00. The molecule has 0 fully saturated rings. The zero-order chi connectivity index (χ0) is 13.5. The van der Waals surface area contributed by atoms with E-state index in [1.54, 1.807) is 0 Å². The fraction of sp³-hybridized carbons (Fsp3) is 0.571. The number of rotatable bonds is 7. The molecule has 1 rings (SSSR count). The van der Waals surface area contributed by atoms with Crippen LogP contribution >= 0.6 is 0 Å². The van der Waals surface area contributed by atoms with Gasteiger partial charge in [-0.25, -0.2) is 8.78 Å². The highest BCUT2D eigenvalue weighted by molar-refractivity contribution is 5.24. The van der Waals surface area contributed by atoms with Crippen molar-refractivity contribution in [3.8, 4) is 0 Å². The second kappa shape index (κ2) is 7.44. The monoisotopic (exact) mass is 257 g/mol. The van der Waals surface area contributed by atoms with Gasteiger partial charge in [-0.2, -0.15) is 0 Å². The van der Waals surface area contributed by atoms with E-state index >= 15 is 0 Å². The second-order valence-electron chi connectivity index (χ2n) is 4.52. The summed E-state index contributed by atoms with van der Waals surface area (Å²) in [6.07, 6.45) is -2.15. The van der Waals surface area contributed by atoms with Gasteiger partial charge in [-0.1, -0.05) is 37.6 Å². The Kier molecular flexibility index (Phi) is 6.22. The van der Waals surface area contributed by atoms with Crippen LogP contribution in [0, 0.1) is 0 Å². The minimum Gasteiger partial charge on any atom is -0.386 e. The third kappa shape index (κ3) is 4.70. The molecule has 0 aliphatic rings. The summed E-state index contributed by atoms with van der Waals surface area (Å²) in [5.74, 6) is 0. The molecule has 2 nitrogen and oxygen atoms in total. The highest BCUT2D eigenvalue weighted by Gasteiger charge is 2.17. The first kappa shape index (κ1) is 15.1. The third-order valence-electron chi connectivity index (χ3n) is 2.94. The summed E-state index contributed by atoms with van der Waals surface area (Å²) in [5, 5.41) is 11.9. The van der Waals surface area contributed by atoms with Gasteiger partial charge in [-0.3, -0.25) is 0 Å². The van der Waals surface area contributed by atoms with Crippen LogP contribution in [0.25, 0.3) is 0 Å². The molecule has 0 radical (unpaired) electrons. The predicted octanol–water partition coefficient (Wildman–Crippen LogP) is 2.92. The summed E-state index contributed by atoms with van der Waals surface area (Å²) in [5.41, 5.74) is 2.32. The standard InChI is InChI=1S/C14H21F2NO/c1-3-4-11-5-7-12(8-6-11)10(2)17-9-13(18)14(15)16/h5-8,10,13-14,17-18H,3-4,9H2,1-2H3. The average molecular weight is 257 g/mol. The first-order chi connectivity index (χ1) is 8.54. The van der Waals surface area contributed by atoms with Crippen molar-refractivity contribution in [1.29, 1.82) is 0 Å². The van der Waals surface area contributed by atoms with E-state index in [1.165, 1.54) is 5.56 Å². The minimum absolute atomic E-state index is 0.0472. The van der Waals surface area contributed by atoms with Crippen LogP contribution in [-0.2, 0) is 6.42 Å². The first-order valence-electron chi connectivity index (χ1n) is 6.33. The molecule has 2 unspecified atom stereocenters. The molecule has 1 aromatic rings. The van der Waals surface area contributed by atoms with Crippen LogP contribution in [0.3, 0.4) is 0 Å². The fourth-order valence-electron chi connectivity index (χ4n) is 1.77.